The number of piperazine rings is 1. The first-order valence-corrected chi connectivity index (χ1v) is 12.3. The van der Waals surface area contributed by atoms with Gasteiger partial charge in [-0.15, -0.1) is 0 Å². The third kappa shape index (κ3) is 6.67. The molecule has 0 amide bonds. The zero-order chi connectivity index (χ0) is 22.1. The average molecular weight is 445 g/mol. The van der Waals surface area contributed by atoms with E-state index in [-0.39, 0.29) is 5.75 Å². The minimum absolute atomic E-state index is 0.0331. The van der Waals surface area contributed by atoms with Crippen LogP contribution in [0.4, 0.5) is 5.82 Å². The average Bonchev–Trinajstić information content (AvgIpc) is 2.79. The Hall–Kier alpha value is -2.65. The number of nitrogens with zero attached hydrogens (tertiary/aromatic N) is 4. The first kappa shape index (κ1) is 23.0. The number of sulfonamides is 1. The molecular weight excluding hydrogens is 412 g/mol. The number of pyridine rings is 1. The minimum atomic E-state index is -3.33. The molecule has 0 aliphatic carbocycles. The van der Waals surface area contributed by atoms with Gasteiger partial charge in [0, 0.05) is 45.5 Å². The molecule has 2 heterocycles. The summed E-state index contributed by atoms with van der Waals surface area (Å²) in [6, 6.07) is 13.9. The van der Waals surface area contributed by atoms with E-state index in [0.29, 0.717) is 51.8 Å². The molecule has 2 aromatic rings. The SMILES string of the molecule is CCNC(=NCc1ccccc1C)NCCS(=O)(=O)N1CCN(c2ccccn2)CC1. The van der Waals surface area contributed by atoms with Crippen molar-refractivity contribution in [3.05, 3.63) is 59.8 Å². The highest BCUT2D eigenvalue weighted by Gasteiger charge is 2.27. The number of benzene rings is 1. The van der Waals surface area contributed by atoms with E-state index in [0.717, 1.165) is 11.4 Å². The molecule has 1 aliphatic heterocycles. The molecule has 1 saturated heterocycles. The summed E-state index contributed by atoms with van der Waals surface area (Å²) in [6.07, 6.45) is 1.76. The largest absolute Gasteiger partial charge is 0.357 e. The summed E-state index contributed by atoms with van der Waals surface area (Å²) in [5.74, 6) is 1.55. The maximum atomic E-state index is 12.8. The van der Waals surface area contributed by atoms with Gasteiger partial charge in [0.05, 0.1) is 12.3 Å². The zero-order valence-corrected chi connectivity index (χ0v) is 19.1. The molecule has 0 atom stereocenters. The standard InChI is InChI=1S/C22H32N6O2S/c1-3-23-22(26-18-20-9-5-4-8-19(20)2)25-12-17-31(29,30)28-15-13-27(14-16-28)21-10-6-7-11-24-21/h4-11H,3,12-18H2,1-2H3,(H2,23,25,26). The molecule has 0 bridgehead atoms. The number of aryl methyl sites for hydroxylation is 1. The summed E-state index contributed by atoms with van der Waals surface area (Å²) >= 11 is 0. The van der Waals surface area contributed by atoms with Crippen molar-refractivity contribution in [3.63, 3.8) is 0 Å². The molecule has 0 unspecified atom stereocenters. The van der Waals surface area contributed by atoms with Gasteiger partial charge in [-0.1, -0.05) is 30.3 Å². The van der Waals surface area contributed by atoms with E-state index >= 15 is 0 Å². The molecule has 3 rings (SSSR count). The van der Waals surface area contributed by atoms with Crippen molar-refractivity contribution in [2.75, 3.05) is 49.9 Å². The van der Waals surface area contributed by atoms with Crippen molar-refractivity contribution < 1.29 is 8.42 Å². The number of nitrogens with one attached hydrogen (secondary N) is 2. The monoisotopic (exact) mass is 444 g/mol. The van der Waals surface area contributed by atoms with Crippen LogP contribution in [0.2, 0.25) is 0 Å². The summed E-state index contributed by atoms with van der Waals surface area (Å²) in [7, 11) is -3.33. The van der Waals surface area contributed by atoms with Crippen molar-refractivity contribution in [2.45, 2.75) is 20.4 Å². The lowest BCUT2D eigenvalue weighted by Gasteiger charge is -2.34. The third-order valence-electron chi connectivity index (χ3n) is 5.27. The van der Waals surface area contributed by atoms with Crippen molar-refractivity contribution in [1.82, 2.24) is 19.9 Å². The second-order valence-corrected chi connectivity index (χ2v) is 9.53. The fourth-order valence-corrected chi connectivity index (χ4v) is 4.80. The summed E-state index contributed by atoms with van der Waals surface area (Å²) in [5.41, 5.74) is 2.34. The van der Waals surface area contributed by atoms with Gasteiger partial charge in [-0.2, -0.15) is 4.31 Å². The van der Waals surface area contributed by atoms with Crippen LogP contribution in [0.3, 0.4) is 0 Å². The summed E-state index contributed by atoms with van der Waals surface area (Å²) in [5, 5.41) is 6.33. The maximum Gasteiger partial charge on any atom is 0.215 e. The molecule has 0 saturated carbocycles. The Morgan fingerprint density at radius 2 is 1.81 bits per heavy atom. The molecule has 1 aliphatic rings. The molecule has 31 heavy (non-hydrogen) atoms. The van der Waals surface area contributed by atoms with E-state index in [1.54, 1.807) is 10.5 Å². The molecule has 0 radical (unpaired) electrons. The van der Waals surface area contributed by atoms with Crippen LogP contribution in [0.15, 0.2) is 53.7 Å². The van der Waals surface area contributed by atoms with Crippen LogP contribution in [-0.4, -0.2) is 68.7 Å². The first-order valence-electron chi connectivity index (χ1n) is 10.7. The number of anilines is 1. The van der Waals surface area contributed by atoms with E-state index in [9.17, 15) is 8.42 Å². The number of hydrogen-bond acceptors (Lipinski definition) is 5. The van der Waals surface area contributed by atoms with Crippen molar-refractivity contribution in [1.29, 1.82) is 0 Å². The zero-order valence-electron chi connectivity index (χ0n) is 18.3. The Morgan fingerprint density at radius 1 is 1.06 bits per heavy atom. The van der Waals surface area contributed by atoms with Gasteiger partial charge in [0.2, 0.25) is 10.0 Å². The second-order valence-electron chi connectivity index (χ2n) is 7.44. The third-order valence-corrected chi connectivity index (χ3v) is 7.14. The Balaban J connectivity index is 1.49. The van der Waals surface area contributed by atoms with Gasteiger partial charge in [-0.05, 0) is 37.1 Å². The number of rotatable bonds is 8. The fraction of sp³-hybridized carbons (Fsp3) is 0.455. The van der Waals surface area contributed by atoms with Crippen molar-refractivity contribution >= 4 is 21.8 Å². The van der Waals surface area contributed by atoms with Gasteiger partial charge in [0.1, 0.15) is 5.82 Å². The smallest absolute Gasteiger partial charge is 0.215 e. The van der Waals surface area contributed by atoms with E-state index in [1.807, 2.05) is 37.3 Å². The van der Waals surface area contributed by atoms with Crippen LogP contribution < -0.4 is 15.5 Å². The number of aromatic nitrogens is 1. The van der Waals surface area contributed by atoms with E-state index < -0.39 is 10.0 Å². The van der Waals surface area contributed by atoms with Crippen LogP contribution in [0.1, 0.15) is 18.1 Å². The fourth-order valence-electron chi connectivity index (χ4n) is 3.46. The predicted molar refractivity (Wildman–Crippen MR) is 126 cm³/mol. The predicted octanol–water partition coefficient (Wildman–Crippen LogP) is 1.60. The van der Waals surface area contributed by atoms with Gasteiger partial charge in [0.15, 0.2) is 5.96 Å². The molecule has 1 aromatic heterocycles. The highest BCUT2D eigenvalue weighted by molar-refractivity contribution is 7.89. The highest BCUT2D eigenvalue weighted by Crippen LogP contribution is 2.14. The van der Waals surface area contributed by atoms with Gasteiger partial charge in [-0.3, -0.25) is 0 Å². The van der Waals surface area contributed by atoms with Crippen LogP contribution in [0.25, 0.3) is 0 Å². The molecule has 8 nitrogen and oxygen atoms in total. The van der Waals surface area contributed by atoms with Gasteiger partial charge in [0.25, 0.3) is 0 Å². The number of aliphatic imine (C=N–C) groups is 1. The van der Waals surface area contributed by atoms with E-state index in [1.165, 1.54) is 5.56 Å². The van der Waals surface area contributed by atoms with Crippen LogP contribution in [-0.2, 0) is 16.6 Å². The Kier molecular flexibility index (Phi) is 8.25. The molecule has 168 valence electrons. The molecule has 9 heteroatoms. The van der Waals surface area contributed by atoms with Crippen LogP contribution in [0.5, 0.6) is 0 Å². The lowest BCUT2D eigenvalue weighted by molar-refractivity contribution is 0.384. The maximum absolute atomic E-state index is 12.8. The lowest BCUT2D eigenvalue weighted by Crippen LogP contribution is -2.50. The van der Waals surface area contributed by atoms with Crippen molar-refractivity contribution in [3.8, 4) is 0 Å². The number of hydrogen-bond donors (Lipinski definition) is 2. The van der Waals surface area contributed by atoms with E-state index in [4.69, 9.17) is 0 Å². The second kappa shape index (κ2) is 11.1. The van der Waals surface area contributed by atoms with Gasteiger partial charge < -0.3 is 15.5 Å². The van der Waals surface area contributed by atoms with E-state index in [2.05, 4.69) is 44.6 Å². The van der Waals surface area contributed by atoms with Gasteiger partial charge >= 0.3 is 0 Å². The van der Waals surface area contributed by atoms with Gasteiger partial charge in [-0.25, -0.2) is 18.4 Å². The minimum Gasteiger partial charge on any atom is -0.357 e. The Labute approximate surface area is 185 Å². The summed E-state index contributed by atoms with van der Waals surface area (Å²) in [4.78, 5) is 11.1. The molecule has 1 fully saturated rings. The normalized spacial score (nSPS) is 15.7. The molecule has 0 spiro atoms. The Morgan fingerprint density at radius 3 is 2.48 bits per heavy atom. The molecule has 2 N–H and O–H groups in total. The summed E-state index contributed by atoms with van der Waals surface area (Å²) in [6.45, 7) is 7.84. The number of guanidine groups is 1. The van der Waals surface area contributed by atoms with Crippen molar-refractivity contribution in [2.24, 2.45) is 4.99 Å². The lowest BCUT2D eigenvalue weighted by atomic mass is 10.1. The highest BCUT2D eigenvalue weighted by atomic mass is 32.2. The topological polar surface area (TPSA) is 89.9 Å². The van der Waals surface area contributed by atoms with Crippen LogP contribution >= 0.6 is 0 Å². The summed E-state index contributed by atoms with van der Waals surface area (Å²) < 4.78 is 27.1. The van der Waals surface area contributed by atoms with Crippen LogP contribution in [0, 0.1) is 6.92 Å². The molecular formula is C22H32N6O2S. The Bertz CT molecular complexity index is 957. The first-order chi connectivity index (χ1) is 15.0. The quantitative estimate of drug-likeness (QED) is 0.475. The molecule has 1 aromatic carbocycles.